The van der Waals surface area contributed by atoms with Gasteiger partial charge in [-0.25, -0.2) is 0 Å². The van der Waals surface area contributed by atoms with Gasteiger partial charge in [0.15, 0.2) is 0 Å². The van der Waals surface area contributed by atoms with Crippen LogP contribution in [-0.2, 0) is 6.42 Å². The molecule has 0 saturated carbocycles. The molecule has 0 aliphatic carbocycles. The molecule has 5 heteroatoms. The molecule has 4 N–H and O–H groups in total. The Kier molecular flexibility index (Phi) is 3.08. The SMILES string of the molecule is NC(Cc1cccs1)B(O)O. The maximum absolute atomic E-state index is 8.65. The number of hydrogen-bond donors (Lipinski definition) is 3. The van der Waals surface area contributed by atoms with Gasteiger partial charge in [-0.3, -0.25) is 0 Å². The van der Waals surface area contributed by atoms with E-state index in [2.05, 4.69) is 0 Å². The molecule has 0 spiro atoms. The highest BCUT2D eigenvalue weighted by Crippen LogP contribution is 2.10. The predicted octanol–water partition coefficient (Wildman–Crippen LogP) is -0.370. The minimum absolute atomic E-state index is 0.523. The minimum atomic E-state index is -1.42. The molecule has 0 fully saturated rings. The van der Waals surface area contributed by atoms with Crippen molar-refractivity contribution in [2.75, 3.05) is 0 Å². The van der Waals surface area contributed by atoms with Crippen molar-refractivity contribution in [1.82, 2.24) is 0 Å². The summed E-state index contributed by atoms with van der Waals surface area (Å²) >= 11 is 1.57. The first-order valence-electron chi connectivity index (χ1n) is 3.34. The van der Waals surface area contributed by atoms with Crippen molar-refractivity contribution in [1.29, 1.82) is 0 Å². The van der Waals surface area contributed by atoms with Gasteiger partial charge in [-0.2, -0.15) is 0 Å². The highest BCUT2D eigenvalue weighted by atomic mass is 32.1. The molecule has 0 bridgehead atoms. The predicted molar refractivity (Wildman–Crippen MR) is 46.2 cm³/mol. The molecule has 1 aromatic rings. The Bertz CT molecular complexity index is 202. The molecule has 0 amide bonds. The van der Waals surface area contributed by atoms with E-state index in [0.717, 1.165) is 4.88 Å². The molecule has 0 saturated heterocycles. The van der Waals surface area contributed by atoms with Gasteiger partial charge in [-0.1, -0.05) is 6.07 Å². The fourth-order valence-corrected chi connectivity index (χ4v) is 1.54. The molecule has 60 valence electrons. The molecule has 1 heterocycles. The van der Waals surface area contributed by atoms with Crippen LogP contribution in [0.5, 0.6) is 0 Å². The summed E-state index contributed by atoms with van der Waals surface area (Å²) in [7, 11) is -1.42. The smallest absolute Gasteiger partial charge is 0.426 e. The summed E-state index contributed by atoms with van der Waals surface area (Å²) in [5, 5.41) is 19.2. The van der Waals surface area contributed by atoms with Gasteiger partial charge in [0, 0.05) is 10.8 Å². The average Bonchev–Trinajstić information content (AvgIpc) is 2.39. The molecule has 3 nitrogen and oxygen atoms in total. The van der Waals surface area contributed by atoms with Gasteiger partial charge in [0.2, 0.25) is 0 Å². The lowest BCUT2D eigenvalue weighted by Crippen LogP contribution is -2.40. The maximum atomic E-state index is 8.65. The Balaban J connectivity index is 2.43. The standard InChI is InChI=1S/C6H10BNO2S/c8-6(7(9)10)4-5-2-1-3-11-5/h1-3,6,9-10H,4,8H2. The Hall–Kier alpha value is -0.355. The van der Waals surface area contributed by atoms with Gasteiger partial charge in [0.25, 0.3) is 0 Å². The minimum Gasteiger partial charge on any atom is -0.426 e. The molecule has 1 rings (SSSR count). The third kappa shape index (κ3) is 2.63. The van der Waals surface area contributed by atoms with Crippen LogP contribution in [0.25, 0.3) is 0 Å². The van der Waals surface area contributed by atoms with Crippen LogP contribution in [0.1, 0.15) is 4.88 Å². The highest BCUT2D eigenvalue weighted by molar-refractivity contribution is 7.09. The fraction of sp³-hybridized carbons (Fsp3) is 0.333. The maximum Gasteiger partial charge on any atom is 0.469 e. The Morgan fingerprint density at radius 1 is 1.64 bits per heavy atom. The van der Waals surface area contributed by atoms with Crippen LogP contribution in [0.2, 0.25) is 0 Å². The Labute approximate surface area is 69.6 Å². The summed E-state index contributed by atoms with van der Waals surface area (Å²) in [4.78, 5) is 1.07. The number of thiophene rings is 1. The molecule has 1 atom stereocenters. The summed E-state index contributed by atoms with van der Waals surface area (Å²) in [6, 6.07) is 3.84. The molecule has 0 aliphatic heterocycles. The van der Waals surface area contributed by atoms with Crippen molar-refractivity contribution in [2.24, 2.45) is 5.73 Å². The van der Waals surface area contributed by atoms with Crippen molar-refractivity contribution in [3.8, 4) is 0 Å². The molecule has 11 heavy (non-hydrogen) atoms. The first kappa shape index (κ1) is 8.74. The lowest BCUT2D eigenvalue weighted by Gasteiger charge is -2.06. The Morgan fingerprint density at radius 2 is 2.36 bits per heavy atom. The van der Waals surface area contributed by atoms with Crippen molar-refractivity contribution >= 4 is 18.5 Å². The lowest BCUT2D eigenvalue weighted by atomic mass is 9.78. The van der Waals surface area contributed by atoms with E-state index in [4.69, 9.17) is 15.8 Å². The fourth-order valence-electron chi connectivity index (χ4n) is 0.766. The number of rotatable bonds is 3. The van der Waals surface area contributed by atoms with Crippen molar-refractivity contribution in [3.05, 3.63) is 22.4 Å². The summed E-state index contributed by atoms with van der Waals surface area (Å²) in [5.74, 6) is -0.575. The normalized spacial score (nSPS) is 13.0. The van der Waals surface area contributed by atoms with Crippen molar-refractivity contribution in [3.63, 3.8) is 0 Å². The molecule has 1 aromatic heterocycles. The van der Waals surface area contributed by atoms with Crippen LogP contribution in [0.15, 0.2) is 17.5 Å². The van der Waals surface area contributed by atoms with Gasteiger partial charge in [-0.05, 0) is 17.9 Å². The molecule has 0 aliphatic rings. The molecular weight excluding hydrogens is 161 g/mol. The van der Waals surface area contributed by atoms with E-state index in [1.165, 1.54) is 0 Å². The second kappa shape index (κ2) is 3.87. The monoisotopic (exact) mass is 171 g/mol. The van der Waals surface area contributed by atoms with E-state index < -0.39 is 13.1 Å². The van der Waals surface area contributed by atoms with Crippen molar-refractivity contribution < 1.29 is 10.0 Å². The first-order valence-corrected chi connectivity index (χ1v) is 4.22. The largest absolute Gasteiger partial charge is 0.469 e. The van der Waals surface area contributed by atoms with Gasteiger partial charge in [0.05, 0.1) is 0 Å². The van der Waals surface area contributed by atoms with Crippen LogP contribution in [0, 0.1) is 0 Å². The van der Waals surface area contributed by atoms with Crippen LogP contribution in [0.3, 0.4) is 0 Å². The molecule has 1 unspecified atom stereocenters. The zero-order valence-electron chi connectivity index (χ0n) is 5.97. The first-order chi connectivity index (χ1) is 5.20. The summed E-state index contributed by atoms with van der Waals surface area (Å²) in [6.07, 6.45) is 0.523. The quantitative estimate of drug-likeness (QED) is 0.543. The number of nitrogens with two attached hydrogens (primary N) is 1. The molecule has 0 radical (unpaired) electrons. The van der Waals surface area contributed by atoms with Gasteiger partial charge >= 0.3 is 7.12 Å². The van der Waals surface area contributed by atoms with E-state index in [1.54, 1.807) is 11.3 Å². The van der Waals surface area contributed by atoms with Gasteiger partial charge in [0.1, 0.15) is 0 Å². The van der Waals surface area contributed by atoms with Crippen LogP contribution in [0.4, 0.5) is 0 Å². The average molecular weight is 171 g/mol. The third-order valence-corrected chi connectivity index (χ3v) is 2.30. The highest BCUT2D eigenvalue weighted by Gasteiger charge is 2.18. The molecule has 0 aromatic carbocycles. The van der Waals surface area contributed by atoms with E-state index in [1.807, 2.05) is 17.5 Å². The second-order valence-corrected chi connectivity index (χ2v) is 3.39. The van der Waals surface area contributed by atoms with E-state index in [9.17, 15) is 0 Å². The van der Waals surface area contributed by atoms with Crippen LogP contribution in [-0.4, -0.2) is 23.1 Å². The summed E-state index contributed by atoms with van der Waals surface area (Å²) < 4.78 is 0. The topological polar surface area (TPSA) is 66.5 Å². The third-order valence-electron chi connectivity index (χ3n) is 1.40. The number of hydrogen-bond acceptors (Lipinski definition) is 4. The van der Waals surface area contributed by atoms with Gasteiger partial charge in [-0.15, -0.1) is 11.3 Å². The summed E-state index contributed by atoms with van der Waals surface area (Å²) in [6.45, 7) is 0. The second-order valence-electron chi connectivity index (χ2n) is 2.36. The van der Waals surface area contributed by atoms with Crippen LogP contribution < -0.4 is 5.73 Å². The zero-order valence-corrected chi connectivity index (χ0v) is 6.79. The zero-order chi connectivity index (χ0) is 8.27. The van der Waals surface area contributed by atoms with Gasteiger partial charge < -0.3 is 15.8 Å². The summed E-state index contributed by atoms with van der Waals surface area (Å²) in [5.41, 5.74) is 5.41. The lowest BCUT2D eigenvalue weighted by molar-refractivity contribution is 0.386. The molecular formula is C6H10BNO2S. The van der Waals surface area contributed by atoms with E-state index in [0.29, 0.717) is 6.42 Å². The van der Waals surface area contributed by atoms with E-state index >= 15 is 0 Å². The van der Waals surface area contributed by atoms with E-state index in [-0.39, 0.29) is 0 Å². The van der Waals surface area contributed by atoms with Crippen molar-refractivity contribution in [2.45, 2.75) is 12.4 Å². The van der Waals surface area contributed by atoms with Crippen LogP contribution >= 0.6 is 11.3 Å². The Morgan fingerprint density at radius 3 is 2.82 bits per heavy atom.